The lowest BCUT2D eigenvalue weighted by atomic mass is 9.93. The molecule has 6 rings (SSSR count). The van der Waals surface area contributed by atoms with E-state index in [0.29, 0.717) is 78.8 Å². The van der Waals surface area contributed by atoms with Crippen LogP contribution in [-0.4, -0.2) is 60.2 Å². The number of carbonyl (C=O) groups is 4. The number of Topliss-reactive ketones (excluding diaryl/α,β-unsaturated/α-hetero) is 2. The third-order valence-electron chi connectivity index (χ3n) is 9.83. The van der Waals surface area contributed by atoms with Crippen LogP contribution in [0.4, 0.5) is 0 Å². The van der Waals surface area contributed by atoms with Crippen LogP contribution in [0.25, 0.3) is 0 Å². The van der Waals surface area contributed by atoms with Crippen molar-refractivity contribution < 1.29 is 58.2 Å². The molecule has 0 radical (unpaired) electrons. The zero-order valence-corrected chi connectivity index (χ0v) is 34.1. The van der Waals surface area contributed by atoms with Crippen LogP contribution in [0.5, 0.6) is 28.7 Å². The number of aliphatic hydroxyl groups is 3. The number of methoxy groups -OCH3 is 3. The van der Waals surface area contributed by atoms with E-state index in [1.807, 2.05) is 0 Å². The first-order chi connectivity index (χ1) is 30.0. The Bertz CT molecular complexity index is 2450. The Labute approximate surface area is 357 Å². The number of carbonyl (C=O) groups excluding carboxylic acids is 4. The predicted octanol–water partition coefficient (Wildman–Crippen LogP) is 6.88. The van der Waals surface area contributed by atoms with Gasteiger partial charge in [0.2, 0.25) is 0 Å². The first-order valence-corrected chi connectivity index (χ1v) is 19.2. The fourth-order valence-electron chi connectivity index (χ4n) is 6.44. The Morgan fingerprint density at radius 3 is 1.27 bits per heavy atom. The first kappa shape index (κ1) is 44.0. The summed E-state index contributed by atoms with van der Waals surface area (Å²) < 4.78 is 27.1. The lowest BCUT2D eigenvalue weighted by molar-refractivity contribution is 0.0725. The van der Waals surface area contributed by atoms with Crippen molar-refractivity contribution in [2.24, 2.45) is 0 Å². The van der Waals surface area contributed by atoms with Gasteiger partial charge < -0.3 is 39.0 Å². The van der Waals surface area contributed by atoms with Gasteiger partial charge in [-0.3, -0.25) is 9.59 Å². The highest BCUT2D eigenvalue weighted by Gasteiger charge is 2.20. The van der Waals surface area contributed by atoms with E-state index in [1.165, 1.54) is 33.5 Å². The van der Waals surface area contributed by atoms with Crippen LogP contribution in [0.1, 0.15) is 80.4 Å². The smallest absolute Gasteiger partial charge is 0.343 e. The second-order valence-electron chi connectivity index (χ2n) is 13.8. The van der Waals surface area contributed by atoms with Gasteiger partial charge in [0.1, 0.15) is 17.2 Å². The van der Waals surface area contributed by atoms with E-state index in [4.69, 9.17) is 23.7 Å². The van der Waals surface area contributed by atoms with E-state index >= 15 is 0 Å². The van der Waals surface area contributed by atoms with E-state index in [-0.39, 0.29) is 48.7 Å². The SMILES string of the molecule is COc1cc(OC)c(C(=O)Cc2ccc(C(=O)Oc3ccc(C#Cc4ccc(OC(=O)c5ccc(CC(=O)c6cc(CO)c(CO)cc6CO)cc5)cc4)cc3)cc2)cc1OC. The Hall–Kier alpha value is -7.56. The molecule has 62 heavy (non-hydrogen) atoms. The monoisotopic (exact) mass is 834 g/mol. The van der Waals surface area contributed by atoms with E-state index in [2.05, 4.69) is 11.8 Å². The summed E-state index contributed by atoms with van der Waals surface area (Å²) in [5, 5.41) is 28.9. The summed E-state index contributed by atoms with van der Waals surface area (Å²) in [4.78, 5) is 52.0. The van der Waals surface area contributed by atoms with E-state index in [0.717, 1.165) is 0 Å². The highest BCUT2D eigenvalue weighted by Crippen LogP contribution is 2.35. The molecule has 0 aliphatic rings. The molecule has 0 fully saturated rings. The molecule has 0 unspecified atom stereocenters. The summed E-state index contributed by atoms with van der Waals surface area (Å²) in [5.74, 6) is 6.32. The second kappa shape index (κ2) is 20.6. The first-order valence-electron chi connectivity index (χ1n) is 19.2. The van der Waals surface area contributed by atoms with E-state index in [9.17, 15) is 34.5 Å². The highest BCUT2D eigenvalue weighted by molar-refractivity contribution is 6.01. The molecule has 0 bridgehead atoms. The van der Waals surface area contributed by atoms with Gasteiger partial charge in [0.05, 0.1) is 57.8 Å². The van der Waals surface area contributed by atoms with E-state index < -0.39 is 18.5 Å². The number of benzene rings is 6. The maximum absolute atomic E-state index is 13.1. The maximum atomic E-state index is 13.1. The standard InChI is InChI=1S/C50H42O12/c1-58-46-27-48(60-3)47(59-2)26-43(46)45(55)23-34-8-16-36(17-9-34)50(57)62-41-20-12-32(13-21-41)5-4-31-10-18-40(19-11-31)61-49(56)35-14-6-33(7-15-35)22-44(54)42-25-38(29-52)37(28-51)24-39(42)30-53/h6-21,24-27,51-53H,22-23,28-30H2,1-3H3. The minimum atomic E-state index is -0.588. The van der Waals surface area contributed by atoms with Crippen molar-refractivity contribution in [3.63, 3.8) is 0 Å². The Kier molecular flexibility index (Phi) is 14.6. The third-order valence-corrected chi connectivity index (χ3v) is 9.83. The van der Waals surface area contributed by atoms with Gasteiger partial charge in [0, 0.05) is 35.6 Å². The molecule has 12 heteroatoms. The maximum Gasteiger partial charge on any atom is 0.343 e. The zero-order valence-electron chi connectivity index (χ0n) is 34.1. The minimum Gasteiger partial charge on any atom is -0.496 e. The van der Waals surface area contributed by atoms with Crippen molar-refractivity contribution in [3.8, 4) is 40.6 Å². The van der Waals surface area contributed by atoms with Gasteiger partial charge in [0.15, 0.2) is 23.1 Å². The Morgan fingerprint density at radius 2 is 0.855 bits per heavy atom. The lowest BCUT2D eigenvalue weighted by Gasteiger charge is -2.13. The molecule has 6 aromatic carbocycles. The van der Waals surface area contributed by atoms with Crippen molar-refractivity contribution in [2.45, 2.75) is 32.7 Å². The summed E-state index contributed by atoms with van der Waals surface area (Å²) in [7, 11) is 4.45. The molecule has 0 amide bonds. The van der Waals surface area contributed by atoms with Crippen molar-refractivity contribution in [1.82, 2.24) is 0 Å². The summed E-state index contributed by atoms with van der Waals surface area (Å²) in [5.41, 5.74) is 5.06. The number of ketones is 2. The number of esters is 2. The lowest BCUT2D eigenvalue weighted by Crippen LogP contribution is -2.11. The highest BCUT2D eigenvalue weighted by atomic mass is 16.5. The molecule has 3 N–H and O–H groups in total. The molecule has 6 aromatic rings. The van der Waals surface area contributed by atoms with Crippen LogP contribution >= 0.6 is 0 Å². The molecular formula is C50H42O12. The van der Waals surface area contributed by atoms with Gasteiger partial charge in [-0.15, -0.1) is 0 Å². The number of aliphatic hydroxyl groups excluding tert-OH is 3. The van der Waals surface area contributed by atoms with Crippen molar-refractivity contribution >= 4 is 23.5 Å². The number of hydrogen-bond donors (Lipinski definition) is 3. The summed E-state index contributed by atoms with van der Waals surface area (Å²) >= 11 is 0. The van der Waals surface area contributed by atoms with Gasteiger partial charge in [-0.1, -0.05) is 42.2 Å². The fourth-order valence-corrected chi connectivity index (χ4v) is 6.44. The molecule has 0 aliphatic carbocycles. The van der Waals surface area contributed by atoms with E-state index in [1.54, 1.807) is 109 Å². The van der Waals surface area contributed by atoms with Crippen molar-refractivity contribution in [1.29, 1.82) is 0 Å². The summed E-state index contributed by atoms with van der Waals surface area (Å²) in [6, 6.07) is 32.5. The third kappa shape index (κ3) is 10.8. The Balaban J connectivity index is 0.988. The van der Waals surface area contributed by atoms with Gasteiger partial charge in [-0.2, -0.15) is 0 Å². The van der Waals surface area contributed by atoms with Crippen LogP contribution in [0.2, 0.25) is 0 Å². The molecule has 0 saturated heterocycles. The fraction of sp³-hybridized carbons (Fsp3) is 0.160. The molecule has 12 nitrogen and oxygen atoms in total. The topological polar surface area (TPSA) is 175 Å². The molecule has 0 atom stereocenters. The van der Waals surface area contributed by atoms with Crippen LogP contribution < -0.4 is 23.7 Å². The molecule has 0 aliphatic heterocycles. The number of ether oxygens (including phenoxy) is 5. The van der Waals surface area contributed by atoms with Crippen LogP contribution in [0.3, 0.4) is 0 Å². The minimum absolute atomic E-state index is 0.00489. The molecule has 0 spiro atoms. The van der Waals surface area contributed by atoms with Gasteiger partial charge >= 0.3 is 11.9 Å². The van der Waals surface area contributed by atoms with Crippen molar-refractivity contribution in [2.75, 3.05) is 21.3 Å². The van der Waals surface area contributed by atoms with Gasteiger partial charge in [-0.05, 0) is 113 Å². The van der Waals surface area contributed by atoms with Gasteiger partial charge in [-0.25, -0.2) is 9.59 Å². The molecule has 0 heterocycles. The summed E-state index contributed by atoms with van der Waals surface area (Å²) in [6.07, 6.45) is 0.0629. The quantitative estimate of drug-likeness (QED) is 0.0400. The number of hydrogen-bond acceptors (Lipinski definition) is 12. The van der Waals surface area contributed by atoms with Gasteiger partial charge in [0.25, 0.3) is 0 Å². The van der Waals surface area contributed by atoms with Crippen molar-refractivity contribution in [3.05, 3.63) is 183 Å². The normalized spacial score (nSPS) is 10.5. The molecular weight excluding hydrogens is 793 g/mol. The zero-order chi connectivity index (χ0) is 44.2. The average molecular weight is 835 g/mol. The molecule has 0 saturated carbocycles. The number of rotatable bonds is 16. The predicted molar refractivity (Wildman–Crippen MR) is 228 cm³/mol. The van der Waals surface area contributed by atoms with Crippen LogP contribution in [0.15, 0.2) is 121 Å². The van der Waals surface area contributed by atoms with Crippen LogP contribution in [-0.2, 0) is 32.7 Å². The molecule has 0 aromatic heterocycles. The summed E-state index contributed by atoms with van der Waals surface area (Å²) in [6.45, 7) is -1.09. The second-order valence-corrected chi connectivity index (χ2v) is 13.8. The van der Waals surface area contributed by atoms with Crippen LogP contribution in [0, 0.1) is 11.8 Å². The average Bonchev–Trinajstić information content (AvgIpc) is 3.31. The largest absolute Gasteiger partial charge is 0.496 e. The Morgan fingerprint density at radius 1 is 0.452 bits per heavy atom. The molecule has 314 valence electrons.